The third-order valence-corrected chi connectivity index (χ3v) is 6.63. The molecule has 1 heterocycles. The maximum atomic E-state index is 12.2. The molecule has 0 aliphatic heterocycles. The van der Waals surface area contributed by atoms with Crippen molar-refractivity contribution in [2.45, 2.75) is 31.1 Å². The lowest BCUT2D eigenvalue weighted by Gasteiger charge is -2.08. The first-order chi connectivity index (χ1) is 15.4. The minimum atomic E-state index is -3.74. The molecule has 164 valence electrons. The van der Waals surface area contributed by atoms with Crippen molar-refractivity contribution in [2.75, 3.05) is 6.61 Å². The van der Waals surface area contributed by atoms with Gasteiger partial charge in [-0.25, -0.2) is 4.79 Å². The molecule has 3 aromatic carbocycles. The summed E-state index contributed by atoms with van der Waals surface area (Å²) in [6, 6.07) is 23.7. The van der Waals surface area contributed by atoms with Crippen LogP contribution in [-0.2, 0) is 20.7 Å². The summed E-state index contributed by atoms with van der Waals surface area (Å²) in [7, 11) is -3.74. The fourth-order valence-electron chi connectivity index (χ4n) is 3.59. The molecule has 6 heteroatoms. The third-order valence-electron chi connectivity index (χ3n) is 5.30. The van der Waals surface area contributed by atoms with Crippen molar-refractivity contribution >= 4 is 21.1 Å². The molecule has 0 amide bonds. The number of aryl methyl sites for hydroxylation is 2. The summed E-state index contributed by atoms with van der Waals surface area (Å²) in [5.74, 6) is 0. The summed E-state index contributed by atoms with van der Waals surface area (Å²) in [6.45, 7) is 2.02. The Bertz CT molecular complexity index is 1370. The van der Waals surface area contributed by atoms with E-state index in [0.29, 0.717) is 12.0 Å². The number of hydrogen-bond donors (Lipinski definition) is 0. The Kier molecular flexibility index (Phi) is 6.53. The van der Waals surface area contributed by atoms with Gasteiger partial charge >= 0.3 is 5.63 Å². The lowest BCUT2D eigenvalue weighted by atomic mass is 10.00. The summed E-state index contributed by atoms with van der Waals surface area (Å²) >= 11 is 0. The van der Waals surface area contributed by atoms with E-state index in [1.165, 1.54) is 6.07 Å². The zero-order valence-corrected chi connectivity index (χ0v) is 18.6. The second kappa shape index (κ2) is 9.51. The van der Waals surface area contributed by atoms with Gasteiger partial charge in [-0.3, -0.25) is 4.18 Å². The maximum Gasteiger partial charge on any atom is 0.336 e. The SMILES string of the molecule is Cc1ccc(S(=O)(=O)OCCCCc2ccc3c(-c4ccccc4)cc(=O)oc3c2)cc1. The van der Waals surface area contributed by atoms with Crippen LogP contribution in [0.1, 0.15) is 24.0 Å². The second-order valence-corrected chi connectivity index (χ2v) is 9.34. The lowest BCUT2D eigenvalue weighted by molar-refractivity contribution is 0.308. The van der Waals surface area contributed by atoms with Gasteiger partial charge in [-0.05, 0) is 61.1 Å². The highest BCUT2D eigenvalue weighted by Gasteiger charge is 2.14. The molecule has 0 spiro atoms. The molecule has 4 rings (SSSR count). The second-order valence-electron chi connectivity index (χ2n) is 7.72. The van der Waals surface area contributed by atoms with Crippen molar-refractivity contribution in [1.29, 1.82) is 0 Å². The average Bonchev–Trinajstić information content (AvgIpc) is 2.79. The van der Waals surface area contributed by atoms with Gasteiger partial charge in [0.15, 0.2) is 0 Å². The summed E-state index contributed by atoms with van der Waals surface area (Å²) in [5.41, 5.74) is 3.98. The highest BCUT2D eigenvalue weighted by atomic mass is 32.2. The molecule has 0 saturated carbocycles. The van der Waals surface area contributed by atoms with Crippen molar-refractivity contribution < 1.29 is 17.0 Å². The van der Waals surface area contributed by atoms with Gasteiger partial charge in [-0.15, -0.1) is 0 Å². The van der Waals surface area contributed by atoms with Gasteiger partial charge in [0, 0.05) is 11.5 Å². The van der Waals surface area contributed by atoms with Crippen LogP contribution in [0, 0.1) is 6.92 Å². The molecular weight excluding hydrogens is 424 g/mol. The molecule has 0 bridgehead atoms. The molecule has 0 N–H and O–H groups in total. The van der Waals surface area contributed by atoms with Crippen LogP contribution in [0.15, 0.2) is 93.0 Å². The van der Waals surface area contributed by atoms with E-state index in [1.54, 1.807) is 24.3 Å². The van der Waals surface area contributed by atoms with Gasteiger partial charge in [0.1, 0.15) is 5.58 Å². The van der Waals surface area contributed by atoms with Crippen molar-refractivity contribution in [3.8, 4) is 11.1 Å². The first-order valence-corrected chi connectivity index (χ1v) is 11.9. The summed E-state index contributed by atoms with van der Waals surface area (Å²) in [6.07, 6.45) is 2.07. The van der Waals surface area contributed by atoms with Crippen LogP contribution in [0.4, 0.5) is 0 Å². The van der Waals surface area contributed by atoms with Crippen molar-refractivity contribution in [3.05, 3.63) is 100 Å². The first-order valence-electron chi connectivity index (χ1n) is 10.5. The van der Waals surface area contributed by atoms with Crippen molar-refractivity contribution in [3.63, 3.8) is 0 Å². The Labute approximate surface area is 187 Å². The van der Waals surface area contributed by atoms with Gasteiger partial charge in [-0.1, -0.05) is 60.2 Å². The van der Waals surface area contributed by atoms with Gasteiger partial charge in [0.05, 0.1) is 11.5 Å². The number of benzene rings is 3. The Balaban J connectivity index is 1.39. The molecule has 0 atom stereocenters. The van der Waals surface area contributed by atoms with Gasteiger partial charge < -0.3 is 4.42 Å². The minimum absolute atomic E-state index is 0.122. The molecule has 0 aliphatic carbocycles. The fraction of sp³-hybridized carbons (Fsp3) is 0.192. The van der Waals surface area contributed by atoms with Crippen LogP contribution >= 0.6 is 0 Å². The molecular formula is C26H24O5S. The van der Waals surface area contributed by atoms with E-state index in [4.69, 9.17) is 8.60 Å². The number of hydrogen-bond acceptors (Lipinski definition) is 5. The minimum Gasteiger partial charge on any atom is -0.423 e. The van der Waals surface area contributed by atoms with Crippen LogP contribution in [-0.4, -0.2) is 15.0 Å². The van der Waals surface area contributed by atoms with E-state index in [1.807, 2.05) is 55.5 Å². The third kappa shape index (κ3) is 5.15. The fourth-order valence-corrected chi connectivity index (χ4v) is 4.53. The molecule has 1 aromatic heterocycles. The van der Waals surface area contributed by atoms with Crippen molar-refractivity contribution in [1.82, 2.24) is 0 Å². The van der Waals surface area contributed by atoms with E-state index in [9.17, 15) is 13.2 Å². The van der Waals surface area contributed by atoms with Gasteiger partial charge in [0.25, 0.3) is 10.1 Å². The van der Waals surface area contributed by atoms with Crippen LogP contribution in [0.3, 0.4) is 0 Å². The topological polar surface area (TPSA) is 73.6 Å². The number of rotatable bonds is 8. The summed E-state index contributed by atoms with van der Waals surface area (Å²) in [5, 5.41) is 0.882. The van der Waals surface area contributed by atoms with E-state index in [0.717, 1.165) is 40.5 Å². The van der Waals surface area contributed by atoms with E-state index in [-0.39, 0.29) is 17.1 Å². The molecule has 32 heavy (non-hydrogen) atoms. The molecule has 5 nitrogen and oxygen atoms in total. The van der Waals surface area contributed by atoms with Gasteiger partial charge in [0.2, 0.25) is 0 Å². The Morgan fingerprint density at radius 1 is 0.875 bits per heavy atom. The number of unbranched alkanes of at least 4 members (excludes halogenated alkanes) is 1. The first kappa shape index (κ1) is 22.0. The van der Waals surface area contributed by atoms with Crippen LogP contribution in [0.25, 0.3) is 22.1 Å². The largest absolute Gasteiger partial charge is 0.423 e. The zero-order chi connectivity index (χ0) is 22.6. The Hall–Kier alpha value is -3.22. The number of fused-ring (bicyclic) bond motifs is 1. The molecule has 0 unspecified atom stereocenters. The van der Waals surface area contributed by atoms with Crippen molar-refractivity contribution in [2.24, 2.45) is 0 Å². The van der Waals surface area contributed by atoms with Crippen LogP contribution < -0.4 is 5.63 Å². The molecule has 0 fully saturated rings. The van der Waals surface area contributed by atoms with E-state index < -0.39 is 10.1 Å². The zero-order valence-electron chi connectivity index (χ0n) is 17.8. The smallest absolute Gasteiger partial charge is 0.336 e. The molecule has 0 aliphatic rings. The predicted molar refractivity (Wildman–Crippen MR) is 125 cm³/mol. The highest BCUT2D eigenvalue weighted by molar-refractivity contribution is 7.86. The monoisotopic (exact) mass is 448 g/mol. The molecule has 4 aromatic rings. The normalized spacial score (nSPS) is 11.7. The standard InChI is InChI=1S/C26H24O5S/c1-19-10-13-22(14-11-19)32(28,29)30-16-6-5-7-20-12-15-23-24(21-8-3-2-4-9-21)18-26(27)31-25(23)17-20/h2-4,8-15,17-18H,5-7,16H2,1H3. The van der Waals surface area contributed by atoms with E-state index in [2.05, 4.69) is 0 Å². The Morgan fingerprint density at radius 2 is 1.62 bits per heavy atom. The summed E-state index contributed by atoms with van der Waals surface area (Å²) < 4.78 is 35.1. The maximum absolute atomic E-state index is 12.2. The predicted octanol–water partition coefficient (Wildman–Crippen LogP) is 5.50. The quantitative estimate of drug-likeness (QED) is 0.202. The molecule has 0 radical (unpaired) electrons. The highest BCUT2D eigenvalue weighted by Crippen LogP contribution is 2.28. The summed E-state index contributed by atoms with van der Waals surface area (Å²) in [4.78, 5) is 12.2. The van der Waals surface area contributed by atoms with Crippen LogP contribution in [0.2, 0.25) is 0 Å². The van der Waals surface area contributed by atoms with Gasteiger partial charge in [-0.2, -0.15) is 8.42 Å². The Morgan fingerprint density at radius 3 is 2.38 bits per heavy atom. The average molecular weight is 449 g/mol. The molecule has 0 saturated heterocycles. The van der Waals surface area contributed by atoms with Crippen LogP contribution in [0.5, 0.6) is 0 Å². The van der Waals surface area contributed by atoms with E-state index >= 15 is 0 Å². The lowest BCUT2D eigenvalue weighted by Crippen LogP contribution is -2.07.